The van der Waals surface area contributed by atoms with Crippen LogP contribution in [-0.2, 0) is 13.0 Å². The first-order valence-corrected chi connectivity index (χ1v) is 7.28. The van der Waals surface area contributed by atoms with Crippen LogP contribution in [0.1, 0.15) is 16.7 Å². The maximum Gasteiger partial charge on any atom is 0.122 e. The third-order valence-corrected chi connectivity index (χ3v) is 3.80. The third kappa shape index (κ3) is 3.20. The predicted octanol–water partition coefficient (Wildman–Crippen LogP) is 3.34. The van der Waals surface area contributed by atoms with Gasteiger partial charge in [0, 0.05) is 19.0 Å². The van der Waals surface area contributed by atoms with Crippen molar-refractivity contribution in [1.82, 2.24) is 5.32 Å². The van der Waals surface area contributed by atoms with Crippen molar-refractivity contribution in [1.29, 1.82) is 0 Å². The van der Waals surface area contributed by atoms with Crippen LogP contribution in [0.4, 0.5) is 0 Å². The second kappa shape index (κ2) is 6.10. The molecule has 0 amide bonds. The summed E-state index contributed by atoms with van der Waals surface area (Å²) in [7, 11) is 0. The zero-order valence-corrected chi connectivity index (χ0v) is 11.9. The molecule has 104 valence electrons. The number of aryl methyl sites for hydroxylation is 1. The van der Waals surface area contributed by atoms with Crippen molar-refractivity contribution in [3.05, 3.63) is 65.2 Å². The van der Waals surface area contributed by atoms with Gasteiger partial charge in [0.05, 0.1) is 6.61 Å². The summed E-state index contributed by atoms with van der Waals surface area (Å²) in [6.07, 6.45) is 1.11. The van der Waals surface area contributed by atoms with Crippen molar-refractivity contribution in [3.8, 4) is 5.75 Å². The van der Waals surface area contributed by atoms with Crippen LogP contribution in [-0.4, -0.2) is 13.2 Å². The lowest BCUT2D eigenvalue weighted by molar-refractivity contribution is 0.218. The smallest absolute Gasteiger partial charge is 0.122 e. The molecule has 2 aromatic rings. The highest BCUT2D eigenvalue weighted by Gasteiger charge is 2.18. The molecule has 2 nitrogen and oxygen atoms in total. The lowest BCUT2D eigenvalue weighted by Gasteiger charge is -2.25. The fourth-order valence-corrected chi connectivity index (χ4v) is 2.76. The van der Waals surface area contributed by atoms with Gasteiger partial charge in [0.2, 0.25) is 0 Å². The van der Waals surface area contributed by atoms with Crippen LogP contribution in [0.3, 0.4) is 0 Å². The Hall–Kier alpha value is -1.80. The van der Waals surface area contributed by atoms with Crippen LogP contribution in [0.25, 0.3) is 0 Å². The monoisotopic (exact) mass is 267 g/mol. The average Bonchev–Trinajstić information content (AvgIpc) is 2.47. The van der Waals surface area contributed by atoms with Gasteiger partial charge in [0.25, 0.3) is 0 Å². The molecule has 1 aliphatic heterocycles. The summed E-state index contributed by atoms with van der Waals surface area (Å²) in [5, 5.41) is 3.55. The molecule has 2 aromatic carbocycles. The van der Waals surface area contributed by atoms with Crippen LogP contribution in [0, 0.1) is 12.8 Å². The Kier molecular flexibility index (Phi) is 4.03. The van der Waals surface area contributed by atoms with E-state index in [1.54, 1.807) is 0 Å². The number of fused-ring (bicyclic) bond motifs is 1. The van der Waals surface area contributed by atoms with Gasteiger partial charge in [0.15, 0.2) is 0 Å². The summed E-state index contributed by atoms with van der Waals surface area (Å²) in [5.41, 5.74) is 4.00. The molecule has 2 heteroatoms. The maximum atomic E-state index is 5.82. The molecular weight excluding hydrogens is 246 g/mol. The van der Waals surface area contributed by atoms with Crippen LogP contribution in [0.5, 0.6) is 5.75 Å². The zero-order chi connectivity index (χ0) is 13.8. The molecule has 1 N–H and O–H groups in total. The fraction of sp³-hybridized carbons (Fsp3) is 0.333. The van der Waals surface area contributed by atoms with Crippen molar-refractivity contribution in [2.45, 2.75) is 19.9 Å². The van der Waals surface area contributed by atoms with E-state index in [4.69, 9.17) is 4.74 Å². The molecule has 3 rings (SSSR count). The average molecular weight is 267 g/mol. The zero-order valence-electron chi connectivity index (χ0n) is 11.9. The number of nitrogens with one attached hydrogen (secondary N) is 1. The molecular formula is C18H21NO. The third-order valence-electron chi connectivity index (χ3n) is 3.80. The first kappa shape index (κ1) is 13.2. The first-order chi connectivity index (χ1) is 9.81. The van der Waals surface area contributed by atoms with Crippen LogP contribution >= 0.6 is 0 Å². The minimum Gasteiger partial charge on any atom is -0.493 e. The van der Waals surface area contributed by atoms with Gasteiger partial charge in [-0.2, -0.15) is 0 Å². The van der Waals surface area contributed by atoms with Crippen molar-refractivity contribution < 1.29 is 4.74 Å². The number of benzene rings is 2. The molecule has 20 heavy (non-hydrogen) atoms. The molecule has 1 atom stereocenters. The van der Waals surface area contributed by atoms with Gasteiger partial charge < -0.3 is 10.1 Å². The van der Waals surface area contributed by atoms with E-state index < -0.39 is 0 Å². The molecule has 1 heterocycles. The molecule has 0 bridgehead atoms. The molecule has 0 fully saturated rings. The van der Waals surface area contributed by atoms with E-state index in [0.29, 0.717) is 5.92 Å². The Balaban J connectivity index is 1.51. The van der Waals surface area contributed by atoms with E-state index >= 15 is 0 Å². The van der Waals surface area contributed by atoms with Gasteiger partial charge in [-0.25, -0.2) is 0 Å². The molecule has 0 radical (unpaired) electrons. The van der Waals surface area contributed by atoms with E-state index in [2.05, 4.69) is 54.7 Å². The minimum atomic E-state index is 0.565. The molecule has 1 unspecified atom stereocenters. The Morgan fingerprint density at radius 1 is 1.15 bits per heavy atom. The Morgan fingerprint density at radius 3 is 2.95 bits per heavy atom. The van der Waals surface area contributed by atoms with Crippen molar-refractivity contribution in [2.75, 3.05) is 13.2 Å². The summed E-state index contributed by atoms with van der Waals surface area (Å²) in [6.45, 7) is 4.88. The highest BCUT2D eigenvalue weighted by molar-refractivity contribution is 5.35. The highest BCUT2D eigenvalue weighted by atomic mass is 16.5. The summed E-state index contributed by atoms with van der Waals surface area (Å²) in [5.74, 6) is 1.62. The van der Waals surface area contributed by atoms with E-state index in [1.165, 1.54) is 16.7 Å². The van der Waals surface area contributed by atoms with Gasteiger partial charge in [0.1, 0.15) is 5.75 Å². The topological polar surface area (TPSA) is 21.3 Å². The lowest BCUT2D eigenvalue weighted by Crippen LogP contribution is -2.31. The molecule has 1 aliphatic rings. The van der Waals surface area contributed by atoms with E-state index in [1.807, 2.05) is 6.07 Å². The van der Waals surface area contributed by atoms with E-state index in [0.717, 1.165) is 31.9 Å². The molecule has 0 spiro atoms. The largest absolute Gasteiger partial charge is 0.493 e. The molecule has 0 aliphatic carbocycles. The second-order valence-electron chi connectivity index (χ2n) is 5.61. The SMILES string of the molecule is Cc1cccc(CNCC2COc3ccccc3C2)c1. The molecule has 0 saturated carbocycles. The lowest BCUT2D eigenvalue weighted by atomic mass is 9.96. The summed E-state index contributed by atoms with van der Waals surface area (Å²) < 4.78 is 5.82. The van der Waals surface area contributed by atoms with Crippen molar-refractivity contribution >= 4 is 0 Å². The van der Waals surface area contributed by atoms with Crippen molar-refractivity contribution in [3.63, 3.8) is 0 Å². The Bertz CT molecular complexity index is 579. The van der Waals surface area contributed by atoms with Gasteiger partial charge in [-0.3, -0.25) is 0 Å². The number of hydrogen-bond acceptors (Lipinski definition) is 2. The van der Waals surface area contributed by atoms with E-state index in [-0.39, 0.29) is 0 Å². The number of hydrogen-bond donors (Lipinski definition) is 1. The van der Waals surface area contributed by atoms with Crippen molar-refractivity contribution in [2.24, 2.45) is 5.92 Å². The van der Waals surface area contributed by atoms with Crippen LogP contribution in [0.2, 0.25) is 0 Å². The van der Waals surface area contributed by atoms with Gasteiger partial charge in [-0.05, 0) is 30.5 Å². The van der Waals surface area contributed by atoms with Crippen LogP contribution < -0.4 is 10.1 Å². The fourth-order valence-electron chi connectivity index (χ4n) is 2.76. The normalized spacial score (nSPS) is 17.4. The van der Waals surface area contributed by atoms with Gasteiger partial charge >= 0.3 is 0 Å². The first-order valence-electron chi connectivity index (χ1n) is 7.28. The minimum absolute atomic E-state index is 0.565. The standard InChI is InChI=1S/C18H21NO/c1-14-5-4-6-15(9-14)11-19-12-16-10-17-7-2-3-8-18(17)20-13-16/h2-9,16,19H,10-13H2,1H3. The Labute approximate surface area is 120 Å². The Morgan fingerprint density at radius 2 is 2.05 bits per heavy atom. The predicted molar refractivity (Wildman–Crippen MR) is 82.0 cm³/mol. The summed E-state index contributed by atoms with van der Waals surface area (Å²) >= 11 is 0. The maximum absolute atomic E-state index is 5.82. The summed E-state index contributed by atoms with van der Waals surface area (Å²) in [6, 6.07) is 17.0. The van der Waals surface area contributed by atoms with E-state index in [9.17, 15) is 0 Å². The molecule has 0 saturated heterocycles. The van der Waals surface area contributed by atoms with Gasteiger partial charge in [-0.1, -0.05) is 48.0 Å². The second-order valence-corrected chi connectivity index (χ2v) is 5.61. The number of rotatable bonds is 4. The number of ether oxygens (including phenoxy) is 1. The van der Waals surface area contributed by atoms with Gasteiger partial charge in [-0.15, -0.1) is 0 Å². The quantitative estimate of drug-likeness (QED) is 0.917. The summed E-state index contributed by atoms with van der Waals surface area (Å²) in [4.78, 5) is 0. The number of para-hydroxylation sites is 1. The molecule has 0 aromatic heterocycles. The highest BCUT2D eigenvalue weighted by Crippen LogP contribution is 2.26. The van der Waals surface area contributed by atoms with Crippen LogP contribution in [0.15, 0.2) is 48.5 Å².